The van der Waals surface area contributed by atoms with Gasteiger partial charge in [-0.1, -0.05) is 54.1 Å². The van der Waals surface area contributed by atoms with E-state index < -0.39 is 0 Å². The fourth-order valence-corrected chi connectivity index (χ4v) is 5.08. The minimum absolute atomic E-state index is 0.134. The maximum Gasteiger partial charge on any atom is 0.129 e. The van der Waals surface area contributed by atoms with Crippen LogP contribution in [0.4, 0.5) is 5.69 Å². The average molecular weight is 353 g/mol. The number of aryl methyl sites for hydroxylation is 1. The van der Waals surface area contributed by atoms with Crippen molar-refractivity contribution in [2.24, 2.45) is 0 Å². The van der Waals surface area contributed by atoms with Gasteiger partial charge >= 0.3 is 0 Å². The molecule has 4 rings (SSSR count). The van der Waals surface area contributed by atoms with Crippen LogP contribution in [0.2, 0.25) is 0 Å². The van der Waals surface area contributed by atoms with Gasteiger partial charge in [-0.25, -0.2) is 0 Å². The van der Waals surface area contributed by atoms with Gasteiger partial charge in [0.05, 0.1) is 16.1 Å². The molecule has 4 heteroatoms. The summed E-state index contributed by atoms with van der Waals surface area (Å²) in [5, 5.41) is 3.66. The van der Waals surface area contributed by atoms with Crippen molar-refractivity contribution < 1.29 is 0 Å². The lowest BCUT2D eigenvalue weighted by molar-refractivity contribution is 0.620. The van der Waals surface area contributed by atoms with E-state index in [1.807, 2.05) is 0 Å². The Labute approximate surface area is 151 Å². The zero-order chi connectivity index (χ0) is 17.1. The van der Waals surface area contributed by atoms with E-state index >= 15 is 0 Å². The zero-order valence-corrected chi connectivity index (χ0v) is 15.9. The lowest BCUT2D eigenvalue weighted by Crippen LogP contribution is -2.30. The second-order valence-electron chi connectivity index (χ2n) is 6.91. The quantitative estimate of drug-likeness (QED) is 0.524. The Morgan fingerprint density at radius 3 is 2.58 bits per heavy atom. The monoisotopic (exact) mass is 352 g/mol. The van der Waals surface area contributed by atoms with Gasteiger partial charge in [-0.15, -0.1) is 0 Å². The highest BCUT2D eigenvalue weighted by Crippen LogP contribution is 2.47. The fraction of sp³-hybridized carbons (Fsp3) is 0.250. The number of aromatic nitrogens is 1. The van der Waals surface area contributed by atoms with Gasteiger partial charge < -0.3 is 5.32 Å². The normalized spacial score (nSPS) is 14.7. The predicted octanol–water partition coefficient (Wildman–Crippen LogP) is 6.21. The van der Waals surface area contributed by atoms with Crippen molar-refractivity contribution in [2.75, 3.05) is 5.32 Å². The highest BCUT2D eigenvalue weighted by Gasteiger charge is 2.34. The molecular weight excluding hydrogens is 332 g/mol. The molecule has 0 spiro atoms. The second-order valence-corrected chi connectivity index (χ2v) is 8.25. The second kappa shape index (κ2) is 5.30. The Kier molecular flexibility index (Phi) is 3.44. The van der Waals surface area contributed by atoms with Gasteiger partial charge in [0.1, 0.15) is 4.64 Å². The summed E-state index contributed by atoms with van der Waals surface area (Å²) in [5.41, 5.74) is 7.20. The van der Waals surface area contributed by atoms with Gasteiger partial charge in [-0.05, 0) is 51.0 Å². The molecule has 24 heavy (non-hydrogen) atoms. The highest BCUT2D eigenvalue weighted by molar-refractivity contribution is 7.71. The number of fused-ring (bicyclic) bond motifs is 3. The first-order chi connectivity index (χ1) is 11.4. The zero-order valence-electron chi connectivity index (χ0n) is 14.3. The van der Waals surface area contributed by atoms with Crippen LogP contribution in [0, 0.1) is 18.5 Å². The first-order valence-corrected chi connectivity index (χ1v) is 9.29. The Morgan fingerprint density at radius 2 is 1.79 bits per heavy atom. The summed E-state index contributed by atoms with van der Waals surface area (Å²) in [6, 6.07) is 14.9. The summed E-state index contributed by atoms with van der Waals surface area (Å²) < 4.78 is 3.12. The number of hydrogen-bond donors (Lipinski definition) is 1. The largest absolute Gasteiger partial charge is 0.375 e. The van der Waals surface area contributed by atoms with E-state index in [0.29, 0.717) is 0 Å². The minimum Gasteiger partial charge on any atom is -0.375 e. The number of nitrogens with zero attached hydrogens (tertiary/aromatic N) is 1. The number of para-hydroxylation sites is 1. The maximum atomic E-state index is 5.92. The van der Waals surface area contributed by atoms with Gasteiger partial charge in [-0.2, -0.15) is 0 Å². The lowest BCUT2D eigenvalue weighted by Gasteiger charge is -2.33. The van der Waals surface area contributed by atoms with Crippen molar-refractivity contribution in [3.05, 3.63) is 63.1 Å². The first-order valence-electron chi connectivity index (χ1n) is 8.11. The number of rotatable bonds is 1. The van der Waals surface area contributed by atoms with E-state index in [4.69, 9.17) is 12.2 Å². The summed E-state index contributed by atoms with van der Waals surface area (Å²) in [4.78, 5) is 1.30. The Bertz CT molecular complexity index is 1010. The van der Waals surface area contributed by atoms with Crippen LogP contribution in [0.25, 0.3) is 16.8 Å². The van der Waals surface area contributed by atoms with Gasteiger partial charge in [0.15, 0.2) is 0 Å². The highest BCUT2D eigenvalue weighted by atomic mass is 32.1. The molecule has 2 nitrogen and oxygen atoms in total. The van der Waals surface area contributed by atoms with Crippen molar-refractivity contribution >= 4 is 29.4 Å². The molecule has 0 atom stereocenters. The topological polar surface area (TPSA) is 17.0 Å². The van der Waals surface area contributed by atoms with Gasteiger partial charge in [-0.3, -0.25) is 3.96 Å². The molecule has 0 radical (unpaired) electrons. The summed E-state index contributed by atoms with van der Waals surface area (Å²) >= 11 is 7.68. The van der Waals surface area contributed by atoms with Crippen LogP contribution in [0.3, 0.4) is 0 Å². The molecule has 0 bridgehead atoms. The summed E-state index contributed by atoms with van der Waals surface area (Å²) in [5.74, 6) is 0. The van der Waals surface area contributed by atoms with Gasteiger partial charge in [0.2, 0.25) is 0 Å². The number of anilines is 1. The van der Waals surface area contributed by atoms with Crippen LogP contribution in [0.5, 0.6) is 0 Å². The first kappa shape index (κ1) is 15.6. The molecule has 2 heterocycles. The van der Waals surface area contributed by atoms with Crippen LogP contribution in [-0.2, 0) is 5.54 Å². The minimum atomic E-state index is -0.134. The average Bonchev–Trinajstić information content (AvgIpc) is 2.89. The Balaban J connectivity index is 2.05. The van der Waals surface area contributed by atoms with Crippen LogP contribution >= 0.6 is 23.8 Å². The molecule has 0 unspecified atom stereocenters. The lowest BCUT2D eigenvalue weighted by atomic mass is 9.90. The SMILES string of the molecule is Cc1cccc(-n2sc3c(c2=S)-c2ccccc2NC3(C)C)c1C. The third-order valence-corrected chi connectivity index (χ3v) is 6.78. The maximum absolute atomic E-state index is 5.92. The summed E-state index contributed by atoms with van der Waals surface area (Å²) in [6.07, 6.45) is 0. The molecule has 1 N–H and O–H groups in total. The van der Waals surface area contributed by atoms with Crippen LogP contribution in [0.1, 0.15) is 29.9 Å². The van der Waals surface area contributed by atoms with Gasteiger partial charge in [0, 0.05) is 16.8 Å². The molecule has 122 valence electrons. The standard InChI is InChI=1S/C20H20N2S2/c1-12-8-7-11-16(13(12)2)22-19(23)17-14-9-5-6-10-15(14)21-20(3,4)18(17)24-22/h5-11,21H,1-4H3. The molecule has 0 fully saturated rings. The van der Waals surface area contributed by atoms with E-state index in [9.17, 15) is 0 Å². The smallest absolute Gasteiger partial charge is 0.129 e. The predicted molar refractivity (Wildman–Crippen MR) is 106 cm³/mol. The number of nitrogens with one attached hydrogen (secondary N) is 1. The summed E-state index contributed by atoms with van der Waals surface area (Å²) in [6.45, 7) is 8.76. The Hall–Kier alpha value is -1.91. The van der Waals surface area contributed by atoms with E-state index in [0.717, 1.165) is 10.3 Å². The third-order valence-electron chi connectivity index (χ3n) is 4.81. The molecule has 0 saturated carbocycles. The van der Waals surface area contributed by atoms with Crippen molar-refractivity contribution in [2.45, 2.75) is 33.2 Å². The molecule has 1 aromatic heterocycles. The van der Waals surface area contributed by atoms with Gasteiger partial charge in [0.25, 0.3) is 0 Å². The molecule has 0 aliphatic carbocycles. The third kappa shape index (κ3) is 2.17. The molecule has 2 aromatic carbocycles. The number of benzene rings is 2. The van der Waals surface area contributed by atoms with Crippen molar-refractivity contribution in [3.63, 3.8) is 0 Å². The van der Waals surface area contributed by atoms with E-state index in [1.54, 1.807) is 11.5 Å². The van der Waals surface area contributed by atoms with Crippen molar-refractivity contribution in [1.29, 1.82) is 0 Å². The fourth-order valence-electron chi connectivity index (χ4n) is 3.36. The summed E-state index contributed by atoms with van der Waals surface area (Å²) in [7, 11) is 0. The van der Waals surface area contributed by atoms with E-state index in [1.165, 1.54) is 32.8 Å². The molecule has 1 aliphatic rings. The van der Waals surface area contributed by atoms with Crippen molar-refractivity contribution in [1.82, 2.24) is 3.96 Å². The van der Waals surface area contributed by atoms with Crippen LogP contribution in [0.15, 0.2) is 42.5 Å². The van der Waals surface area contributed by atoms with Crippen molar-refractivity contribution in [3.8, 4) is 16.8 Å². The van der Waals surface area contributed by atoms with Crippen LogP contribution in [-0.4, -0.2) is 3.96 Å². The van der Waals surface area contributed by atoms with Crippen LogP contribution < -0.4 is 5.32 Å². The Morgan fingerprint density at radius 1 is 1.04 bits per heavy atom. The molecule has 1 aliphatic heterocycles. The number of hydrogen-bond acceptors (Lipinski definition) is 3. The molecular formula is C20H20N2S2. The van der Waals surface area contributed by atoms with E-state index in [-0.39, 0.29) is 5.54 Å². The molecule has 3 aromatic rings. The molecule has 0 amide bonds. The molecule has 0 saturated heterocycles. The van der Waals surface area contributed by atoms with E-state index in [2.05, 4.69) is 79.4 Å².